The van der Waals surface area contributed by atoms with Gasteiger partial charge in [-0.2, -0.15) is 0 Å². The van der Waals surface area contributed by atoms with Crippen LogP contribution in [0.1, 0.15) is 12.8 Å². The predicted octanol–water partition coefficient (Wildman–Crippen LogP) is 2.96. The first kappa shape index (κ1) is 13.8. The summed E-state index contributed by atoms with van der Waals surface area (Å²) < 4.78 is 10.4. The number of ether oxygens (including phenoxy) is 2. The molecule has 1 aliphatic heterocycles. The zero-order valence-corrected chi connectivity index (χ0v) is 11.5. The van der Waals surface area contributed by atoms with Crippen molar-refractivity contribution in [2.45, 2.75) is 12.8 Å². The molecule has 0 atom stereocenters. The van der Waals surface area contributed by atoms with Crippen molar-refractivity contribution in [1.82, 2.24) is 0 Å². The molecule has 2 rings (SSSR count). The maximum atomic E-state index is 10.6. The van der Waals surface area contributed by atoms with Crippen molar-refractivity contribution < 1.29 is 9.47 Å². The van der Waals surface area contributed by atoms with Gasteiger partial charge in [0.15, 0.2) is 0 Å². The topological polar surface area (TPSA) is 51.1 Å². The normalized spacial score (nSPS) is 16.4. The highest BCUT2D eigenvalue weighted by Crippen LogP contribution is 2.33. The smallest absolute Gasteiger partial charge is 0.150 e. The lowest BCUT2D eigenvalue weighted by atomic mass is 9.97. The van der Waals surface area contributed by atoms with E-state index in [1.54, 1.807) is 20.3 Å². The quantitative estimate of drug-likeness (QED) is 0.767. The van der Waals surface area contributed by atoms with Crippen LogP contribution in [0.4, 0.5) is 11.4 Å². The number of anilines is 1. The first-order valence-corrected chi connectivity index (χ1v) is 6.53. The number of hydrogen-bond donors (Lipinski definition) is 0. The lowest BCUT2D eigenvalue weighted by molar-refractivity contribution is 0.139. The van der Waals surface area contributed by atoms with E-state index in [0.29, 0.717) is 17.4 Å². The Balaban J connectivity index is 2.05. The molecule has 0 aromatic heterocycles. The van der Waals surface area contributed by atoms with Gasteiger partial charge in [-0.3, -0.25) is 0 Å². The highest BCUT2D eigenvalue weighted by molar-refractivity contribution is 5.62. The molecule has 19 heavy (non-hydrogen) atoms. The molecule has 0 aliphatic carbocycles. The first-order chi connectivity index (χ1) is 9.28. The van der Waals surface area contributed by atoms with Crippen LogP contribution in [0.3, 0.4) is 0 Å². The van der Waals surface area contributed by atoms with E-state index in [4.69, 9.17) is 9.47 Å². The minimum Gasteiger partial charge on any atom is -0.494 e. The summed E-state index contributed by atoms with van der Waals surface area (Å²) in [5, 5.41) is 2.95. The molecule has 0 amide bonds. The van der Waals surface area contributed by atoms with Crippen molar-refractivity contribution in [3.63, 3.8) is 0 Å². The van der Waals surface area contributed by atoms with E-state index in [0.717, 1.165) is 38.2 Å². The molecular formula is C14H20N2O3. The summed E-state index contributed by atoms with van der Waals surface area (Å²) in [5.74, 6) is 1.19. The van der Waals surface area contributed by atoms with E-state index < -0.39 is 0 Å². The van der Waals surface area contributed by atoms with Crippen molar-refractivity contribution in [2.75, 3.05) is 38.8 Å². The number of benzene rings is 1. The molecular weight excluding hydrogens is 244 g/mol. The third-order valence-electron chi connectivity index (χ3n) is 3.64. The third-order valence-corrected chi connectivity index (χ3v) is 3.64. The van der Waals surface area contributed by atoms with Crippen LogP contribution in [0.15, 0.2) is 23.4 Å². The number of nitroso groups, excluding NO2 is 1. The van der Waals surface area contributed by atoms with Gasteiger partial charge in [0, 0.05) is 38.6 Å². The van der Waals surface area contributed by atoms with Crippen LogP contribution >= 0.6 is 0 Å². The summed E-state index contributed by atoms with van der Waals surface area (Å²) in [7, 11) is 3.31. The fourth-order valence-electron chi connectivity index (χ4n) is 2.53. The van der Waals surface area contributed by atoms with Crippen molar-refractivity contribution in [2.24, 2.45) is 11.1 Å². The second kappa shape index (κ2) is 6.52. The van der Waals surface area contributed by atoms with Gasteiger partial charge < -0.3 is 14.4 Å². The molecule has 5 nitrogen and oxygen atoms in total. The average molecular weight is 264 g/mol. The zero-order chi connectivity index (χ0) is 13.7. The Bertz CT molecular complexity index is 429. The van der Waals surface area contributed by atoms with Gasteiger partial charge in [0.05, 0.1) is 7.11 Å². The van der Waals surface area contributed by atoms with E-state index >= 15 is 0 Å². The maximum absolute atomic E-state index is 10.6. The average Bonchev–Trinajstić information content (AvgIpc) is 2.47. The fourth-order valence-corrected chi connectivity index (χ4v) is 2.53. The Morgan fingerprint density at radius 2 is 2.05 bits per heavy atom. The number of piperidine rings is 1. The summed E-state index contributed by atoms with van der Waals surface area (Å²) in [4.78, 5) is 12.9. The molecule has 0 saturated carbocycles. The number of methoxy groups -OCH3 is 2. The highest BCUT2D eigenvalue weighted by atomic mass is 16.5. The van der Waals surface area contributed by atoms with Gasteiger partial charge in [-0.15, -0.1) is 4.91 Å². The highest BCUT2D eigenvalue weighted by Gasteiger charge is 2.20. The minimum atomic E-state index is 0.348. The molecule has 0 N–H and O–H groups in total. The minimum absolute atomic E-state index is 0.348. The molecule has 5 heteroatoms. The maximum Gasteiger partial charge on any atom is 0.150 e. The molecule has 104 valence electrons. The molecule has 1 aromatic carbocycles. The van der Waals surface area contributed by atoms with Gasteiger partial charge in [0.25, 0.3) is 0 Å². The van der Waals surface area contributed by atoms with Crippen molar-refractivity contribution in [1.29, 1.82) is 0 Å². The molecule has 1 saturated heterocycles. The largest absolute Gasteiger partial charge is 0.494 e. The van der Waals surface area contributed by atoms with Gasteiger partial charge in [0.2, 0.25) is 0 Å². The summed E-state index contributed by atoms with van der Waals surface area (Å²) >= 11 is 0. The first-order valence-electron chi connectivity index (χ1n) is 6.53. The second-order valence-electron chi connectivity index (χ2n) is 4.83. The van der Waals surface area contributed by atoms with Crippen LogP contribution < -0.4 is 9.64 Å². The van der Waals surface area contributed by atoms with Crippen molar-refractivity contribution in [3.8, 4) is 5.75 Å². The van der Waals surface area contributed by atoms with Crippen LogP contribution in [0, 0.1) is 10.8 Å². The van der Waals surface area contributed by atoms with Gasteiger partial charge in [-0.05, 0) is 36.1 Å². The van der Waals surface area contributed by atoms with Gasteiger partial charge in [0.1, 0.15) is 11.4 Å². The lowest BCUT2D eigenvalue weighted by Gasteiger charge is -2.33. The van der Waals surface area contributed by atoms with Crippen LogP contribution in [0.2, 0.25) is 0 Å². The van der Waals surface area contributed by atoms with E-state index in [1.807, 2.05) is 12.1 Å². The third kappa shape index (κ3) is 3.23. The van der Waals surface area contributed by atoms with Crippen molar-refractivity contribution >= 4 is 11.4 Å². The Hall–Kier alpha value is -1.62. The lowest BCUT2D eigenvalue weighted by Crippen LogP contribution is -2.34. The predicted molar refractivity (Wildman–Crippen MR) is 75.3 cm³/mol. The molecule has 1 aliphatic rings. The van der Waals surface area contributed by atoms with E-state index in [9.17, 15) is 4.91 Å². The van der Waals surface area contributed by atoms with E-state index in [2.05, 4.69) is 10.1 Å². The SMILES string of the molecule is COCC1CCN(c2ccc(N=O)c(OC)c2)CC1. The van der Waals surface area contributed by atoms with Crippen LogP contribution in [-0.4, -0.2) is 33.9 Å². The van der Waals surface area contributed by atoms with Gasteiger partial charge in [-0.25, -0.2) is 0 Å². The number of nitrogens with zero attached hydrogens (tertiary/aromatic N) is 2. The molecule has 0 bridgehead atoms. The van der Waals surface area contributed by atoms with Crippen LogP contribution in [-0.2, 0) is 4.74 Å². The summed E-state index contributed by atoms with van der Waals surface area (Å²) in [6.45, 7) is 2.85. The molecule has 0 spiro atoms. The standard InChI is InChI=1S/C14H20N2O3/c1-18-10-11-5-7-16(8-6-11)12-3-4-13(15-17)14(9-12)19-2/h3-4,9,11H,5-8,10H2,1-2H3. The molecule has 1 heterocycles. The van der Waals surface area contributed by atoms with E-state index in [-0.39, 0.29) is 0 Å². The Morgan fingerprint density at radius 3 is 2.63 bits per heavy atom. The Morgan fingerprint density at radius 1 is 1.32 bits per heavy atom. The summed E-state index contributed by atoms with van der Waals surface area (Å²) in [5.41, 5.74) is 1.43. The fraction of sp³-hybridized carbons (Fsp3) is 0.571. The molecule has 0 unspecified atom stereocenters. The van der Waals surface area contributed by atoms with Gasteiger partial charge >= 0.3 is 0 Å². The summed E-state index contributed by atoms with van der Waals surface area (Å²) in [6.07, 6.45) is 2.26. The molecule has 1 aromatic rings. The zero-order valence-electron chi connectivity index (χ0n) is 11.5. The number of hydrogen-bond acceptors (Lipinski definition) is 5. The van der Waals surface area contributed by atoms with Gasteiger partial charge in [-0.1, -0.05) is 0 Å². The van der Waals surface area contributed by atoms with E-state index in [1.165, 1.54) is 0 Å². The summed E-state index contributed by atoms with van der Waals surface area (Å²) in [6, 6.07) is 5.52. The number of rotatable bonds is 5. The van der Waals surface area contributed by atoms with Crippen LogP contribution in [0.5, 0.6) is 5.75 Å². The van der Waals surface area contributed by atoms with Crippen LogP contribution in [0.25, 0.3) is 0 Å². The van der Waals surface area contributed by atoms with Crippen molar-refractivity contribution in [3.05, 3.63) is 23.1 Å². The Kier molecular flexibility index (Phi) is 4.74. The molecule has 0 radical (unpaired) electrons. The monoisotopic (exact) mass is 264 g/mol. The molecule has 1 fully saturated rings. The second-order valence-corrected chi connectivity index (χ2v) is 4.83. The Labute approximate surface area is 113 Å².